The first-order chi connectivity index (χ1) is 11.6. The molecule has 1 unspecified atom stereocenters. The number of nitrogens with zero attached hydrogens (tertiary/aromatic N) is 2. The van der Waals surface area contributed by atoms with Crippen LogP contribution in [0.15, 0.2) is 36.9 Å². The summed E-state index contributed by atoms with van der Waals surface area (Å²) in [4.78, 5) is 16.3. The molecule has 1 aromatic carbocycles. The van der Waals surface area contributed by atoms with E-state index in [1.165, 1.54) is 18.4 Å². The molecule has 0 radical (unpaired) electrons. The number of benzene rings is 1. The van der Waals surface area contributed by atoms with Gasteiger partial charge in [-0.1, -0.05) is 30.9 Å². The van der Waals surface area contributed by atoms with Crippen LogP contribution in [0.2, 0.25) is 0 Å². The largest absolute Gasteiger partial charge is 0.489 e. The molecule has 4 nitrogen and oxygen atoms in total. The number of carbonyl (C=O) groups excluding carboxylic acids is 1. The maximum atomic E-state index is 11.7. The third-order valence-corrected chi connectivity index (χ3v) is 5.35. The summed E-state index contributed by atoms with van der Waals surface area (Å²) in [7, 11) is 0. The van der Waals surface area contributed by atoms with E-state index in [2.05, 4.69) is 23.6 Å². The normalized spacial score (nSPS) is 24.3. The second-order valence-electron chi connectivity index (χ2n) is 7.21. The fourth-order valence-electron chi connectivity index (χ4n) is 4.14. The molecule has 2 saturated heterocycles. The van der Waals surface area contributed by atoms with Crippen molar-refractivity contribution >= 4 is 5.91 Å². The van der Waals surface area contributed by atoms with Gasteiger partial charge in [0, 0.05) is 44.1 Å². The summed E-state index contributed by atoms with van der Waals surface area (Å²) in [5.41, 5.74) is 1.52. The lowest BCUT2D eigenvalue weighted by Gasteiger charge is -2.40. The predicted octanol–water partition coefficient (Wildman–Crippen LogP) is 3.09. The first-order valence-corrected chi connectivity index (χ1v) is 8.91. The van der Waals surface area contributed by atoms with Crippen LogP contribution in [-0.2, 0) is 11.3 Å². The maximum Gasteiger partial charge on any atom is 0.219 e. The fourth-order valence-corrected chi connectivity index (χ4v) is 4.14. The van der Waals surface area contributed by atoms with Crippen LogP contribution in [0.3, 0.4) is 0 Å². The summed E-state index contributed by atoms with van der Waals surface area (Å²) in [6, 6.07) is 8.26. The number of rotatable bonds is 5. The smallest absolute Gasteiger partial charge is 0.219 e. The average Bonchev–Trinajstić information content (AvgIpc) is 2.96. The maximum absolute atomic E-state index is 11.7. The lowest BCUT2D eigenvalue weighted by atomic mass is 9.79. The van der Waals surface area contributed by atoms with Crippen molar-refractivity contribution in [1.82, 2.24) is 9.80 Å². The Kier molecular flexibility index (Phi) is 5.24. The summed E-state index contributed by atoms with van der Waals surface area (Å²) in [5, 5.41) is 0. The Morgan fingerprint density at radius 2 is 2.12 bits per heavy atom. The molecule has 0 bridgehead atoms. The van der Waals surface area contributed by atoms with Crippen molar-refractivity contribution in [3.63, 3.8) is 0 Å². The van der Waals surface area contributed by atoms with E-state index in [-0.39, 0.29) is 5.91 Å². The van der Waals surface area contributed by atoms with E-state index in [1.54, 1.807) is 13.0 Å². The molecule has 1 aromatic rings. The van der Waals surface area contributed by atoms with Gasteiger partial charge in [-0.3, -0.25) is 9.69 Å². The van der Waals surface area contributed by atoms with Gasteiger partial charge in [0.15, 0.2) is 0 Å². The van der Waals surface area contributed by atoms with Crippen molar-refractivity contribution in [2.45, 2.75) is 32.7 Å². The Balaban J connectivity index is 1.64. The topological polar surface area (TPSA) is 32.8 Å². The van der Waals surface area contributed by atoms with Crippen LogP contribution in [0.1, 0.15) is 31.7 Å². The Hall–Kier alpha value is -1.81. The van der Waals surface area contributed by atoms with Crippen molar-refractivity contribution < 1.29 is 9.53 Å². The number of piperidine rings is 1. The zero-order chi connectivity index (χ0) is 17.0. The van der Waals surface area contributed by atoms with Crippen LogP contribution < -0.4 is 4.74 Å². The number of amides is 1. The summed E-state index contributed by atoms with van der Waals surface area (Å²) in [5.74, 6) is 1.17. The lowest BCUT2D eigenvalue weighted by Crippen LogP contribution is -2.46. The molecule has 130 valence electrons. The van der Waals surface area contributed by atoms with Crippen molar-refractivity contribution in [2.75, 3.05) is 32.8 Å². The quantitative estimate of drug-likeness (QED) is 0.779. The molecule has 2 heterocycles. The molecule has 1 amide bonds. The lowest BCUT2D eigenvalue weighted by molar-refractivity contribution is -0.132. The van der Waals surface area contributed by atoms with E-state index in [9.17, 15) is 4.79 Å². The summed E-state index contributed by atoms with van der Waals surface area (Å²) in [6.07, 6.45) is 5.33. The van der Waals surface area contributed by atoms with Gasteiger partial charge in [-0.05, 0) is 31.9 Å². The van der Waals surface area contributed by atoms with Gasteiger partial charge < -0.3 is 9.64 Å². The van der Waals surface area contributed by atoms with Crippen LogP contribution in [-0.4, -0.2) is 48.5 Å². The third kappa shape index (κ3) is 3.81. The summed E-state index contributed by atoms with van der Waals surface area (Å²) >= 11 is 0. The minimum atomic E-state index is 0.218. The van der Waals surface area contributed by atoms with Gasteiger partial charge >= 0.3 is 0 Å². The second kappa shape index (κ2) is 7.39. The molecule has 2 aliphatic heterocycles. The van der Waals surface area contributed by atoms with E-state index in [4.69, 9.17) is 4.74 Å². The summed E-state index contributed by atoms with van der Waals surface area (Å²) in [6.45, 7) is 10.9. The molecule has 2 fully saturated rings. The van der Waals surface area contributed by atoms with Gasteiger partial charge in [0.2, 0.25) is 5.91 Å². The monoisotopic (exact) mass is 328 g/mol. The molecule has 0 saturated carbocycles. The van der Waals surface area contributed by atoms with E-state index in [0.717, 1.165) is 44.9 Å². The zero-order valence-electron chi connectivity index (χ0n) is 14.7. The van der Waals surface area contributed by atoms with Gasteiger partial charge in [-0.2, -0.15) is 0 Å². The highest BCUT2D eigenvalue weighted by molar-refractivity contribution is 5.73. The first-order valence-electron chi connectivity index (χ1n) is 8.91. The predicted molar refractivity (Wildman–Crippen MR) is 95.9 cm³/mol. The molecule has 0 aliphatic carbocycles. The van der Waals surface area contributed by atoms with Crippen molar-refractivity contribution in [1.29, 1.82) is 0 Å². The molecular formula is C20H28N2O2. The number of likely N-dealkylation sites (tertiary alicyclic amines) is 2. The number of hydrogen-bond donors (Lipinski definition) is 0. The SMILES string of the molecule is C=CCOc1ccccc1CN1CCC2(CCCN(C(C)=O)C2)C1. The number of hydrogen-bond acceptors (Lipinski definition) is 3. The van der Waals surface area contributed by atoms with Crippen LogP contribution in [0.25, 0.3) is 0 Å². The highest BCUT2D eigenvalue weighted by Crippen LogP contribution is 2.39. The van der Waals surface area contributed by atoms with Crippen molar-refractivity contribution in [3.05, 3.63) is 42.5 Å². The first kappa shape index (κ1) is 17.0. The molecule has 2 aliphatic rings. The second-order valence-corrected chi connectivity index (χ2v) is 7.21. The minimum Gasteiger partial charge on any atom is -0.489 e. The standard InChI is InChI=1S/C20H28N2O2/c1-3-13-24-19-8-5-4-7-18(19)14-21-12-10-20(15-21)9-6-11-22(16-20)17(2)23/h3-5,7-8H,1,6,9-16H2,2H3. The van der Waals surface area contributed by atoms with Gasteiger partial charge in [0.1, 0.15) is 12.4 Å². The van der Waals surface area contributed by atoms with Crippen molar-refractivity contribution in [2.24, 2.45) is 5.41 Å². The molecule has 24 heavy (non-hydrogen) atoms. The highest BCUT2D eigenvalue weighted by atomic mass is 16.5. The van der Waals surface area contributed by atoms with Gasteiger partial charge in [0.25, 0.3) is 0 Å². The van der Waals surface area contributed by atoms with E-state index >= 15 is 0 Å². The van der Waals surface area contributed by atoms with Crippen molar-refractivity contribution in [3.8, 4) is 5.75 Å². The van der Waals surface area contributed by atoms with E-state index < -0.39 is 0 Å². The third-order valence-electron chi connectivity index (χ3n) is 5.35. The number of carbonyl (C=O) groups is 1. The molecule has 1 atom stereocenters. The highest BCUT2D eigenvalue weighted by Gasteiger charge is 2.41. The van der Waals surface area contributed by atoms with Crippen LogP contribution in [0.4, 0.5) is 0 Å². The Morgan fingerprint density at radius 3 is 2.92 bits per heavy atom. The van der Waals surface area contributed by atoms with E-state index in [1.807, 2.05) is 17.0 Å². The Bertz CT molecular complexity index is 601. The molecule has 0 N–H and O–H groups in total. The van der Waals surface area contributed by atoms with Gasteiger partial charge in [-0.25, -0.2) is 0 Å². The summed E-state index contributed by atoms with van der Waals surface area (Å²) < 4.78 is 5.78. The van der Waals surface area contributed by atoms with Crippen LogP contribution in [0.5, 0.6) is 5.75 Å². The molecule has 3 rings (SSSR count). The van der Waals surface area contributed by atoms with E-state index in [0.29, 0.717) is 12.0 Å². The fraction of sp³-hybridized carbons (Fsp3) is 0.550. The molecular weight excluding hydrogens is 300 g/mol. The molecule has 0 aromatic heterocycles. The minimum absolute atomic E-state index is 0.218. The number of ether oxygens (including phenoxy) is 1. The van der Waals surface area contributed by atoms with Crippen LogP contribution in [0, 0.1) is 5.41 Å². The Labute approximate surface area is 145 Å². The van der Waals surface area contributed by atoms with Crippen LogP contribution >= 0.6 is 0 Å². The molecule has 1 spiro atoms. The average molecular weight is 328 g/mol. The zero-order valence-corrected chi connectivity index (χ0v) is 14.7. The number of para-hydroxylation sites is 1. The molecule has 4 heteroatoms. The Morgan fingerprint density at radius 1 is 1.29 bits per heavy atom. The van der Waals surface area contributed by atoms with Gasteiger partial charge in [-0.15, -0.1) is 0 Å². The van der Waals surface area contributed by atoms with Gasteiger partial charge in [0.05, 0.1) is 0 Å².